The van der Waals surface area contributed by atoms with E-state index in [1.807, 2.05) is 50.3 Å². The van der Waals surface area contributed by atoms with Crippen LogP contribution in [0, 0.1) is 13.8 Å². The topological polar surface area (TPSA) is 40.5 Å². The SMILES string of the molecule is Cc1cc(/C=C/c2ccc(O)c(C)c2)ccc1O. The summed E-state index contributed by atoms with van der Waals surface area (Å²) in [5, 5.41) is 18.9. The molecular formula is C16H16O2. The lowest BCUT2D eigenvalue weighted by Crippen LogP contribution is -1.79. The molecule has 0 saturated carbocycles. The molecular weight excluding hydrogens is 224 g/mol. The molecule has 2 heteroatoms. The van der Waals surface area contributed by atoms with E-state index in [-0.39, 0.29) is 0 Å². The largest absolute Gasteiger partial charge is 0.508 e. The molecule has 2 nitrogen and oxygen atoms in total. The summed E-state index contributed by atoms with van der Waals surface area (Å²) in [5.41, 5.74) is 3.80. The molecule has 0 aromatic heterocycles. The first kappa shape index (κ1) is 12.2. The van der Waals surface area contributed by atoms with E-state index in [1.165, 1.54) is 0 Å². The fourth-order valence-electron chi connectivity index (χ4n) is 1.76. The Morgan fingerprint density at radius 3 is 1.44 bits per heavy atom. The Morgan fingerprint density at radius 2 is 1.11 bits per heavy atom. The molecule has 0 fully saturated rings. The molecule has 0 atom stereocenters. The first-order valence-electron chi connectivity index (χ1n) is 5.83. The van der Waals surface area contributed by atoms with Crippen LogP contribution in [0.1, 0.15) is 22.3 Å². The zero-order valence-electron chi connectivity index (χ0n) is 10.5. The van der Waals surface area contributed by atoms with Crippen molar-refractivity contribution in [2.24, 2.45) is 0 Å². The van der Waals surface area contributed by atoms with Crippen LogP contribution in [-0.2, 0) is 0 Å². The summed E-state index contributed by atoms with van der Waals surface area (Å²) < 4.78 is 0. The predicted octanol–water partition coefficient (Wildman–Crippen LogP) is 3.89. The standard InChI is InChI=1S/C16H16O2/c1-11-9-13(5-7-15(11)17)3-4-14-6-8-16(18)12(2)10-14/h3-10,17-18H,1-2H3/b4-3+. The Kier molecular flexibility index (Phi) is 3.38. The molecule has 18 heavy (non-hydrogen) atoms. The van der Waals surface area contributed by atoms with Gasteiger partial charge in [0, 0.05) is 0 Å². The van der Waals surface area contributed by atoms with Crippen LogP contribution in [0.15, 0.2) is 36.4 Å². The molecule has 2 aromatic carbocycles. The van der Waals surface area contributed by atoms with Gasteiger partial charge in [-0.25, -0.2) is 0 Å². The molecule has 2 rings (SSSR count). The number of aromatic hydroxyl groups is 2. The Labute approximate surface area is 107 Å². The van der Waals surface area contributed by atoms with E-state index in [9.17, 15) is 10.2 Å². The lowest BCUT2D eigenvalue weighted by molar-refractivity contribution is 0.470. The van der Waals surface area contributed by atoms with Crippen molar-refractivity contribution in [1.82, 2.24) is 0 Å². The van der Waals surface area contributed by atoms with Gasteiger partial charge in [-0.15, -0.1) is 0 Å². The van der Waals surface area contributed by atoms with Gasteiger partial charge in [-0.3, -0.25) is 0 Å². The lowest BCUT2D eigenvalue weighted by Gasteiger charge is -2.01. The third-order valence-corrected chi connectivity index (χ3v) is 2.91. The van der Waals surface area contributed by atoms with E-state index >= 15 is 0 Å². The number of aryl methyl sites for hydroxylation is 2. The second-order valence-corrected chi connectivity index (χ2v) is 4.43. The smallest absolute Gasteiger partial charge is 0.118 e. The zero-order valence-corrected chi connectivity index (χ0v) is 10.5. The average Bonchev–Trinajstić information content (AvgIpc) is 2.35. The van der Waals surface area contributed by atoms with E-state index in [0.29, 0.717) is 11.5 Å². The minimum absolute atomic E-state index is 0.313. The van der Waals surface area contributed by atoms with Crippen LogP contribution in [0.2, 0.25) is 0 Å². The number of hydrogen-bond acceptors (Lipinski definition) is 2. The van der Waals surface area contributed by atoms with Gasteiger partial charge in [0.15, 0.2) is 0 Å². The Bertz CT molecular complexity index is 545. The maximum Gasteiger partial charge on any atom is 0.118 e. The fraction of sp³-hybridized carbons (Fsp3) is 0.125. The fourth-order valence-corrected chi connectivity index (χ4v) is 1.76. The highest BCUT2D eigenvalue weighted by molar-refractivity contribution is 5.71. The Morgan fingerprint density at radius 1 is 0.722 bits per heavy atom. The van der Waals surface area contributed by atoms with Gasteiger partial charge in [-0.1, -0.05) is 24.3 Å². The van der Waals surface area contributed by atoms with Crippen molar-refractivity contribution in [1.29, 1.82) is 0 Å². The normalized spacial score (nSPS) is 11.0. The molecule has 0 heterocycles. The van der Waals surface area contributed by atoms with Gasteiger partial charge in [0.2, 0.25) is 0 Å². The number of benzene rings is 2. The molecule has 0 aliphatic carbocycles. The summed E-state index contributed by atoms with van der Waals surface area (Å²) in [7, 11) is 0. The quantitative estimate of drug-likeness (QED) is 0.782. The van der Waals surface area contributed by atoms with Gasteiger partial charge in [0.1, 0.15) is 11.5 Å². The van der Waals surface area contributed by atoms with Gasteiger partial charge in [-0.2, -0.15) is 0 Å². The summed E-state index contributed by atoms with van der Waals surface area (Å²) >= 11 is 0. The van der Waals surface area contributed by atoms with Crippen molar-refractivity contribution in [3.05, 3.63) is 58.7 Å². The summed E-state index contributed by atoms with van der Waals surface area (Å²) in [6, 6.07) is 11.0. The third kappa shape index (κ3) is 2.72. The number of phenols is 2. The van der Waals surface area contributed by atoms with E-state index in [1.54, 1.807) is 12.1 Å². The van der Waals surface area contributed by atoms with Crippen LogP contribution in [0.5, 0.6) is 11.5 Å². The summed E-state index contributed by atoms with van der Waals surface area (Å²) in [4.78, 5) is 0. The molecule has 2 N–H and O–H groups in total. The van der Waals surface area contributed by atoms with Crippen molar-refractivity contribution in [2.75, 3.05) is 0 Å². The predicted molar refractivity (Wildman–Crippen MR) is 74.6 cm³/mol. The molecule has 0 bridgehead atoms. The highest BCUT2D eigenvalue weighted by Crippen LogP contribution is 2.20. The molecule has 0 radical (unpaired) electrons. The second kappa shape index (κ2) is 4.96. The van der Waals surface area contributed by atoms with E-state index < -0.39 is 0 Å². The third-order valence-electron chi connectivity index (χ3n) is 2.91. The molecule has 0 unspecified atom stereocenters. The molecule has 2 aromatic rings. The van der Waals surface area contributed by atoms with Gasteiger partial charge in [0.05, 0.1) is 0 Å². The van der Waals surface area contributed by atoms with Crippen LogP contribution in [-0.4, -0.2) is 10.2 Å². The van der Waals surface area contributed by atoms with Crippen molar-refractivity contribution in [3.8, 4) is 11.5 Å². The molecule has 0 aliphatic rings. The molecule has 92 valence electrons. The molecule has 0 aliphatic heterocycles. The first-order valence-corrected chi connectivity index (χ1v) is 5.83. The maximum absolute atomic E-state index is 9.44. The van der Waals surface area contributed by atoms with Gasteiger partial charge < -0.3 is 10.2 Å². The van der Waals surface area contributed by atoms with Crippen LogP contribution in [0.4, 0.5) is 0 Å². The van der Waals surface area contributed by atoms with Crippen molar-refractivity contribution < 1.29 is 10.2 Å². The summed E-state index contributed by atoms with van der Waals surface area (Å²) in [6.45, 7) is 3.74. The van der Waals surface area contributed by atoms with E-state index in [2.05, 4.69) is 0 Å². The first-order chi connectivity index (χ1) is 8.56. The van der Waals surface area contributed by atoms with Gasteiger partial charge in [-0.05, 0) is 60.4 Å². The van der Waals surface area contributed by atoms with Crippen LogP contribution < -0.4 is 0 Å². The number of rotatable bonds is 2. The van der Waals surface area contributed by atoms with Gasteiger partial charge >= 0.3 is 0 Å². The molecule has 0 amide bonds. The van der Waals surface area contributed by atoms with Crippen LogP contribution in [0.3, 0.4) is 0 Å². The van der Waals surface area contributed by atoms with Gasteiger partial charge in [0.25, 0.3) is 0 Å². The van der Waals surface area contributed by atoms with E-state index in [0.717, 1.165) is 22.3 Å². The zero-order chi connectivity index (χ0) is 13.1. The average molecular weight is 240 g/mol. The van der Waals surface area contributed by atoms with Crippen molar-refractivity contribution in [3.63, 3.8) is 0 Å². The Hall–Kier alpha value is -2.22. The van der Waals surface area contributed by atoms with Crippen LogP contribution >= 0.6 is 0 Å². The highest BCUT2D eigenvalue weighted by atomic mass is 16.3. The maximum atomic E-state index is 9.44. The summed E-state index contributed by atoms with van der Waals surface area (Å²) in [6.07, 6.45) is 3.97. The molecule has 0 spiro atoms. The second-order valence-electron chi connectivity index (χ2n) is 4.43. The minimum Gasteiger partial charge on any atom is -0.508 e. The van der Waals surface area contributed by atoms with Crippen molar-refractivity contribution >= 4 is 12.2 Å². The number of hydrogen-bond donors (Lipinski definition) is 2. The Balaban J connectivity index is 2.24. The highest BCUT2D eigenvalue weighted by Gasteiger charge is 1.97. The monoisotopic (exact) mass is 240 g/mol. The number of phenolic OH excluding ortho intramolecular Hbond substituents is 2. The minimum atomic E-state index is 0.313. The van der Waals surface area contributed by atoms with Crippen molar-refractivity contribution in [2.45, 2.75) is 13.8 Å². The van der Waals surface area contributed by atoms with E-state index in [4.69, 9.17) is 0 Å². The van der Waals surface area contributed by atoms with Crippen LogP contribution in [0.25, 0.3) is 12.2 Å². The summed E-state index contributed by atoms with van der Waals surface area (Å²) in [5.74, 6) is 0.625. The lowest BCUT2D eigenvalue weighted by atomic mass is 10.1. The molecule has 0 saturated heterocycles.